The van der Waals surface area contributed by atoms with Gasteiger partial charge in [0.05, 0.1) is 6.61 Å². The van der Waals surface area contributed by atoms with Gasteiger partial charge in [-0.05, 0) is 12.5 Å². The highest BCUT2D eigenvalue weighted by atomic mass is 32.2. The maximum absolute atomic E-state index is 12.5. The topological polar surface area (TPSA) is 72.4 Å². The first-order chi connectivity index (χ1) is 11.0. The number of hydrogen-bond donors (Lipinski definition) is 0. The summed E-state index contributed by atoms with van der Waals surface area (Å²) in [4.78, 5) is 25.7. The summed E-state index contributed by atoms with van der Waals surface area (Å²) in [5, 5.41) is 7.58. The van der Waals surface area contributed by atoms with Crippen LogP contribution in [0.3, 0.4) is 0 Å². The average molecular weight is 351 g/mol. The number of likely N-dealkylation sites (N-methyl/N-ethyl adjacent to an activating group) is 1. The highest BCUT2D eigenvalue weighted by Crippen LogP contribution is 2.37. The molecule has 1 unspecified atom stereocenters. The number of amides is 1. The molecule has 0 spiro atoms. The highest BCUT2D eigenvalue weighted by molar-refractivity contribution is 8.01. The molecule has 1 heterocycles. The zero-order valence-electron chi connectivity index (χ0n) is 13.1. The maximum atomic E-state index is 12.5. The quantitative estimate of drug-likeness (QED) is 0.588. The van der Waals surface area contributed by atoms with Gasteiger partial charge in [0.25, 0.3) is 0 Å². The Balaban J connectivity index is 2.22. The molecule has 23 heavy (non-hydrogen) atoms. The number of nitrogens with zero attached hydrogens (tertiary/aromatic N) is 3. The minimum absolute atomic E-state index is 0.0471. The first-order valence-corrected chi connectivity index (χ1v) is 8.66. The monoisotopic (exact) mass is 351 g/mol. The highest BCUT2D eigenvalue weighted by Gasteiger charge is 2.26. The number of hydrogen-bond acceptors (Lipinski definition) is 7. The number of thioether (sulfide) groups is 1. The van der Waals surface area contributed by atoms with Gasteiger partial charge in [-0.15, -0.1) is 10.2 Å². The van der Waals surface area contributed by atoms with Crippen molar-refractivity contribution in [1.82, 2.24) is 15.1 Å². The Kier molecular flexibility index (Phi) is 6.12. The van der Waals surface area contributed by atoms with Crippen LogP contribution in [-0.4, -0.2) is 47.7 Å². The van der Waals surface area contributed by atoms with Gasteiger partial charge in [0, 0.05) is 14.1 Å². The molecule has 1 aromatic carbocycles. The first kappa shape index (κ1) is 17.4. The van der Waals surface area contributed by atoms with E-state index in [4.69, 9.17) is 4.74 Å². The van der Waals surface area contributed by atoms with E-state index in [2.05, 4.69) is 10.2 Å². The van der Waals surface area contributed by atoms with Gasteiger partial charge in [-0.1, -0.05) is 53.4 Å². The van der Waals surface area contributed by atoms with Crippen LogP contribution >= 0.6 is 23.1 Å². The third kappa shape index (κ3) is 4.52. The van der Waals surface area contributed by atoms with Crippen LogP contribution in [0.1, 0.15) is 27.5 Å². The van der Waals surface area contributed by atoms with Gasteiger partial charge in [-0.2, -0.15) is 0 Å². The molecule has 0 saturated carbocycles. The summed E-state index contributed by atoms with van der Waals surface area (Å²) in [7, 11) is 3.42. The van der Waals surface area contributed by atoms with Gasteiger partial charge in [0.15, 0.2) is 4.34 Å². The third-order valence-electron chi connectivity index (χ3n) is 2.84. The molecule has 0 bridgehead atoms. The molecule has 1 atom stereocenters. The summed E-state index contributed by atoms with van der Waals surface area (Å²) in [5.74, 6) is -0.541. The van der Waals surface area contributed by atoms with E-state index in [0.29, 0.717) is 4.34 Å². The van der Waals surface area contributed by atoms with Gasteiger partial charge >= 0.3 is 5.97 Å². The van der Waals surface area contributed by atoms with Crippen molar-refractivity contribution in [2.24, 2.45) is 0 Å². The fourth-order valence-corrected chi connectivity index (χ4v) is 3.84. The molecule has 0 N–H and O–H groups in total. The number of esters is 1. The van der Waals surface area contributed by atoms with Crippen LogP contribution in [0.15, 0.2) is 34.7 Å². The van der Waals surface area contributed by atoms with Crippen molar-refractivity contribution < 1.29 is 14.3 Å². The second-order valence-electron chi connectivity index (χ2n) is 4.73. The number of ether oxygens (including phenoxy) is 1. The van der Waals surface area contributed by atoms with E-state index in [0.717, 1.165) is 16.9 Å². The standard InChI is InChI=1S/C15H17N3O3S2/c1-4-21-14(20)12-16-17-15(23-12)22-11(13(19)18(2)3)10-8-6-5-7-9-10/h5-9,11H,4H2,1-3H3. The van der Waals surface area contributed by atoms with E-state index in [1.807, 2.05) is 30.3 Å². The Labute approximate surface area is 142 Å². The molecule has 6 nitrogen and oxygen atoms in total. The van der Waals surface area contributed by atoms with E-state index in [1.165, 1.54) is 16.7 Å². The second-order valence-corrected chi connectivity index (χ2v) is 7.06. The molecule has 122 valence electrons. The molecule has 1 amide bonds. The summed E-state index contributed by atoms with van der Waals surface area (Å²) in [6.07, 6.45) is 0. The van der Waals surface area contributed by atoms with Crippen LogP contribution in [0.4, 0.5) is 0 Å². The largest absolute Gasteiger partial charge is 0.461 e. The molecule has 0 saturated heterocycles. The summed E-state index contributed by atoms with van der Waals surface area (Å²) >= 11 is 2.41. The lowest BCUT2D eigenvalue weighted by Crippen LogP contribution is -2.26. The predicted octanol–water partition coefficient (Wildman–Crippen LogP) is 2.64. The van der Waals surface area contributed by atoms with Crippen LogP contribution in [0.2, 0.25) is 0 Å². The Morgan fingerprint density at radius 3 is 2.57 bits per heavy atom. The van der Waals surface area contributed by atoms with Crippen molar-refractivity contribution >= 4 is 35.0 Å². The number of aromatic nitrogens is 2. The summed E-state index contributed by atoms with van der Waals surface area (Å²) in [6.45, 7) is 2.02. The number of benzene rings is 1. The normalized spacial score (nSPS) is 11.8. The maximum Gasteiger partial charge on any atom is 0.369 e. The molecule has 0 radical (unpaired) electrons. The van der Waals surface area contributed by atoms with Crippen molar-refractivity contribution in [3.05, 3.63) is 40.9 Å². The minimum atomic E-state index is -0.493. The average Bonchev–Trinajstić information content (AvgIpc) is 3.02. The van der Waals surface area contributed by atoms with Gasteiger partial charge in [0.1, 0.15) is 5.25 Å². The number of carbonyl (C=O) groups excluding carboxylic acids is 2. The van der Waals surface area contributed by atoms with Crippen LogP contribution in [-0.2, 0) is 9.53 Å². The zero-order valence-corrected chi connectivity index (χ0v) is 14.7. The van der Waals surface area contributed by atoms with Crippen molar-refractivity contribution in [3.63, 3.8) is 0 Å². The molecule has 0 aliphatic rings. The Hall–Kier alpha value is -1.93. The fraction of sp³-hybridized carbons (Fsp3) is 0.333. The molecule has 2 rings (SSSR count). The minimum Gasteiger partial charge on any atom is -0.461 e. The van der Waals surface area contributed by atoms with E-state index in [-0.39, 0.29) is 17.5 Å². The molecular formula is C15H17N3O3S2. The summed E-state index contributed by atoms with van der Waals surface area (Å²) < 4.78 is 5.45. The van der Waals surface area contributed by atoms with Crippen molar-refractivity contribution in [2.75, 3.05) is 20.7 Å². The molecule has 1 aromatic heterocycles. The molecule has 0 fully saturated rings. The first-order valence-electron chi connectivity index (χ1n) is 6.96. The Morgan fingerprint density at radius 1 is 1.26 bits per heavy atom. The second kappa shape index (κ2) is 8.07. The Bertz CT molecular complexity index is 674. The van der Waals surface area contributed by atoms with Crippen molar-refractivity contribution in [1.29, 1.82) is 0 Å². The lowest BCUT2D eigenvalue weighted by molar-refractivity contribution is -0.128. The molecule has 8 heteroatoms. The molecule has 2 aromatic rings. The van der Waals surface area contributed by atoms with Gasteiger partial charge in [-0.25, -0.2) is 4.79 Å². The smallest absolute Gasteiger partial charge is 0.369 e. The molecular weight excluding hydrogens is 334 g/mol. The van der Waals surface area contributed by atoms with Gasteiger partial charge in [-0.3, -0.25) is 4.79 Å². The lowest BCUT2D eigenvalue weighted by Gasteiger charge is -2.19. The zero-order chi connectivity index (χ0) is 16.8. The summed E-state index contributed by atoms with van der Waals surface area (Å²) in [6, 6.07) is 9.46. The van der Waals surface area contributed by atoms with Gasteiger partial charge < -0.3 is 9.64 Å². The van der Waals surface area contributed by atoms with Crippen LogP contribution in [0, 0.1) is 0 Å². The fourth-order valence-electron chi connectivity index (χ4n) is 1.76. The lowest BCUT2D eigenvalue weighted by atomic mass is 10.1. The van der Waals surface area contributed by atoms with E-state index in [9.17, 15) is 9.59 Å². The van der Waals surface area contributed by atoms with Crippen molar-refractivity contribution in [2.45, 2.75) is 16.5 Å². The summed E-state index contributed by atoms with van der Waals surface area (Å²) in [5.41, 5.74) is 0.879. The molecule has 0 aliphatic carbocycles. The Morgan fingerprint density at radius 2 is 1.96 bits per heavy atom. The van der Waals surface area contributed by atoms with Gasteiger partial charge in [0.2, 0.25) is 10.9 Å². The van der Waals surface area contributed by atoms with E-state index >= 15 is 0 Å². The molecule has 0 aliphatic heterocycles. The number of rotatable bonds is 6. The van der Waals surface area contributed by atoms with E-state index < -0.39 is 11.2 Å². The third-order valence-corrected chi connectivity index (χ3v) is 5.07. The SMILES string of the molecule is CCOC(=O)c1nnc(SC(C(=O)N(C)C)c2ccccc2)s1. The van der Waals surface area contributed by atoms with Crippen molar-refractivity contribution in [3.8, 4) is 0 Å². The van der Waals surface area contributed by atoms with E-state index in [1.54, 1.807) is 21.0 Å². The van der Waals surface area contributed by atoms with Crippen LogP contribution in [0.5, 0.6) is 0 Å². The number of carbonyl (C=O) groups is 2. The predicted molar refractivity (Wildman–Crippen MR) is 89.6 cm³/mol. The van der Waals surface area contributed by atoms with Crippen LogP contribution in [0.25, 0.3) is 0 Å². The van der Waals surface area contributed by atoms with Crippen LogP contribution < -0.4 is 0 Å².